The van der Waals surface area contributed by atoms with Crippen LogP contribution in [0.25, 0.3) is 0 Å². The maximum atomic E-state index is 12.0. The molecule has 19 heavy (non-hydrogen) atoms. The number of hydrogen-bond acceptors (Lipinski definition) is 2. The molecular formula is C13H17ClF3NO. The molecule has 0 aliphatic carbocycles. The van der Waals surface area contributed by atoms with Crippen molar-refractivity contribution in [3.63, 3.8) is 0 Å². The fourth-order valence-corrected chi connectivity index (χ4v) is 1.76. The van der Waals surface area contributed by atoms with Crippen LogP contribution in [0.3, 0.4) is 0 Å². The van der Waals surface area contributed by atoms with E-state index in [0.29, 0.717) is 11.8 Å². The summed E-state index contributed by atoms with van der Waals surface area (Å²) < 4.78 is 41.2. The molecule has 108 valence electrons. The first kappa shape index (κ1) is 16.1. The van der Waals surface area contributed by atoms with Gasteiger partial charge in [0, 0.05) is 24.1 Å². The maximum Gasteiger partial charge on any atom is 0.389 e. The molecule has 0 bridgehead atoms. The summed E-state index contributed by atoms with van der Waals surface area (Å²) in [5, 5.41) is 0. The Morgan fingerprint density at radius 3 is 2.63 bits per heavy atom. The van der Waals surface area contributed by atoms with Gasteiger partial charge in [-0.05, 0) is 24.5 Å². The summed E-state index contributed by atoms with van der Waals surface area (Å²) in [4.78, 5) is 4.24. The van der Waals surface area contributed by atoms with Gasteiger partial charge in [-0.15, -0.1) is 11.6 Å². The van der Waals surface area contributed by atoms with Gasteiger partial charge in [-0.25, -0.2) is 4.98 Å². The summed E-state index contributed by atoms with van der Waals surface area (Å²) in [5.74, 6) is 0.682. The van der Waals surface area contributed by atoms with Gasteiger partial charge < -0.3 is 4.74 Å². The molecule has 0 aromatic carbocycles. The molecule has 0 fully saturated rings. The molecule has 1 heterocycles. The fourth-order valence-electron chi connectivity index (χ4n) is 1.61. The molecule has 1 aromatic heterocycles. The third kappa shape index (κ3) is 6.66. The van der Waals surface area contributed by atoms with E-state index >= 15 is 0 Å². The zero-order valence-corrected chi connectivity index (χ0v) is 11.5. The van der Waals surface area contributed by atoms with Crippen molar-refractivity contribution in [3.05, 3.63) is 23.4 Å². The van der Waals surface area contributed by atoms with Gasteiger partial charge in [0.2, 0.25) is 5.88 Å². The van der Waals surface area contributed by atoms with Crippen LogP contribution in [-0.2, 0) is 12.3 Å². The number of hydrogen-bond donors (Lipinski definition) is 0. The Labute approximate surface area is 115 Å². The Hall–Kier alpha value is -0.970. The Bertz CT molecular complexity index is 396. The molecule has 1 aromatic rings. The number of alkyl halides is 4. The molecule has 0 amide bonds. The summed E-state index contributed by atoms with van der Waals surface area (Å²) in [5.41, 5.74) is 1.72. The highest BCUT2D eigenvalue weighted by atomic mass is 35.5. The summed E-state index contributed by atoms with van der Waals surface area (Å²) in [6.07, 6.45) is -3.32. The largest absolute Gasteiger partial charge is 0.478 e. The molecule has 0 radical (unpaired) electrons. The predicted molar refractivity (Wildman–Crippen MR) is 68.6 cm³/mol. The van der Waals surface area contributed by atoms with Gasteiger partial charge in [-0.2, -0.15) is 13.2 Å². The van der Waals surface area contributed by atoms with Crippen LogP contribution in [0.2, 0.25) is 0 Å². The van der Waals surface area contributed by atoms with Crippen molar-refractivity contribution >= 4 is 11.6 Å². The normalized spacial score (nSPS) is 11.6. The smallest absolute Gasteiger partial charge is 0.389 e. The van der Waals surface area contributed by atoms with Crippen LogP contribution in [0.5, 0.6) is 5.88 Å². The highest BCUT2D eigenvalue weighted by molar-refractivity contribution is 6.17. The standard InChI is InChI=1S/C13H17ClF3NO/c1-2-4-11-7-10(9-14)8-12(18-11)19-6-3-5-13(15,16)17/h7-8H,2-6,9H2,1H3. The topological polar surface area (TPSA) is 22.1 Å². The molecule has 2 nitrogen and oxygen atoms in total. The average Bonchev–Trinajstić information content (AvgIpc) is 2.34. The first-order chi connectivity index (χ1) is 8.94. The third-order valence-corrected chi connectivity index (χ3v) is 2.74. The number of halogens is 4. The minimum Gasteiger partial charge on any atom is -0.478 e. The Balaban J connectivity index is 2.54. The molecule has 0 aliphatic rings. The molecule has 1 rings (SSSR count). The van der Waals surface area contributed by atoms with Crippen molar-refractivity contribution in [1.82, 2.24) is 4.98 Å². The summed E-state index contributed by atoms with van der Waals surface area (Å²) in [6, 6.07) is 3.55. The van der Waals surface area contributed by atoms with E-state index in [9.17, 15) is 13.2 Å². The van der Waals surface area contributed by atoms with E-state index in [1.807, 2.05) is 13.0 Å². The van der Waals surface area contributed by atoms with Crippen molar-refractivity contribution in [2.24, 2.45) is 0 Å². The van der Waals surface area contributed by atoms with Crippen molar-refractivity contribution in [3.8, 4) is 5.88 Å². The van der Waals surface area contributed by atoms with E-state index in [4.69, 9.17) is 16.3 Å². The Morgan fingerprint density at radius 2 is 2.05 bits per heavy atom. The average molecular weight is 296 g/mol. The lowest BCUT2D eigenvalue weighted by molar-refractivity contribution is -0.136. The van der Waals surface area contributed by atoms with Crippen molar-refractivity contribution < 1.29 is 17.9 Å². The van der Waals surface area contributed by atoms with E-state index in [1.165, 1.54) is 0 Å². The van der Waals surface area contributed by atoms with Crippen molar-refractivity contribution in [2.75, 3.05) is 6.61 Å². The van der Waals surface area contributed by atoms with Crippen LogP contribution < -0.4 is 4.74 Å². The van der Waals surface area contributed by atoms with Gasteiger partial charge in [0.15, 0.2) is 0 Å². The van der Waals surface area contributed by atoms with E-state index in [-0.39, 0.29) is 13.0 Å². The Kier molecular flexibility index (Phi) is 6.42. The van der Waals surface area contributed by atoms with E-state index in [0.717, 1.165) is 24.1 Å². The number of pyridine rings is 1. The monoisotopic (exact) mass is 295 g/mol. The van der Waals surface area contributed by atoms with E-state index in [2.05, 4.69) is 4.98 Å². The van der Waals surface area contributed by atoms with Gasteiger partial charge in [0.05, 0.1) is 6.61 Å². The quantitative estimate of drug-likeness (QED) is 0.546. The minimum atomic E-state index is -4.14. The van der Waals surface area contributed by atoms with Gasteiger partial charge >= 0.3 is 6.18 Å². The van der Waals surface area contributed by atoms with Crippen LogP contribution in [0.4, 0.5) is 13.2 Å². The van der Waals surface area contributed by atoms with Crippen LogP contribution in [0.1, 0.15) is 37.4 Å². The second kappa shape index (κ2) is 7.58. The summed E-state index contributed by atoms with van der Waals surface area (Å²) in [7, 11) is 0. The van der Waals surface area contributed by atoms with Crippen LogP contribution in [0, 0.1) is 0 Å². The minimum absolute atomic E-state index is 0.00378. The molecule has 0 spiro atoms. The molecule has 0 saturated heterocycles. The van der Waals surface area contributed by atoms with Crippen LogP contribution in [-0.4, -0.2) is 17.8 Å². The van der Waals surface area contributed by atoms with Gasteiger partial charge in [0.25, 0.3) is 0 Å². The van der Waals surface area contributed by atoms with Crippen molar-refractivity contribution in [1.29, 1.82) is 0 Å². The zero-order valence-electron chi connectivity index (χ0n) is 10.8. The number of aromatic nitrogens is 1. The Morgan fingerprint density at radius 1 is 1.32 bits per heavy atom. The van der Waals surface area contributed by atoms with Crippen molar-refractivity contribution in [2.45, 2.75) is 44.7 Å². The number of ether oxygens (including phenoxy) is 1. The number of nitrogens with zero attached hydrogens (tertiary/aromatic N) is 1. The molecule has 6 heteroatoms. The maximum absolute atomic E-state index is 12.0. The second-order valence-electron chi connectivity index (χ2n) is 4.26. The van der Waals surface area contributed by atoms with Gasteiger partial charge in [0.1, 0.15) is 0 Å². The number of aryl methyl sites for hydroxylation is 1. The molecule has 0 atom stereocenters. The van der Waals surface area contributed by atoms with Crippen LogP contribution in [0.15, 0.2) is 12.1 Å². The SMILES string of the molecule is CCCc1cc(CCl)cc(OCCCC(F)(F)F)n1. The highest BCUT2D eigenvalue weighted by Gasteiger charge is 2.26. The van der Waals surface area contributed by atoms with Gasteiger partial charge in [-0.3, -0.25) is 0 Å². The molecule has 0 aliphatic heterocycles. The first-order valence-corrected chi connectivity index (χ1v) is 6.73. The number of rotatable bonds is 7. The van der Waals surface area contributed by atoms with Gasteiger partial charge in [-0.1, -0.05) is 13.3 Å². The fraction of sp³-hybridized carbons (Fsp3) is 0.615. The lowest BCUT2D eigenvalue weighted by Gasteiger charge is -2.10. The zero-order chi connectivity index (χ0) is 14.3. The third-order valence-electron chi connectivity index (χ3n) is 2.43. The molecule has 0 N–H and O–H groups in total. The lowest BCUT2D eigenvalue weighted by atomic mass is 10.2. The first-order valence-electron chi connectivity index (χ1n) is 6.20. The predicted octanol–water partition coefficient (Wildman–Crippen LogP) is 4.49. The van der Waals surface area contributed by atoms with E-state index < -0.39 is 12.6 Å². The highest BCUT2D eigenvalue weighted by Crippen LogP contribution is 2.22. The van der Waals surface area contributed by atoms with E-state index in [1.54, 1.807) is 6.07 Å². The lowest BCUT2D eigenvalue weighted by Crippen LogP contribution is -2.10. The molecule has 0 unspecified atom stereocenters. The second-order valence-corrected chi connectivity index (χ2v) is 4.52. The molecular weight excluding hydrogens is 279 g/mol. The summed E-state index contributed by atoms with van der Waals surface area (Å²) in [6.45, 7) is 2.03. The summed E-state index contributed by atoms with van der Waals surface area (Å²) >= 11 is 5.76. The molecule has 0 saturated carbocycles. The van der Waals surface area contributed by atoms with Crippen LogP contribution >= 0.6 is 11.6 Å².